The third-order valence-corrected chi connectivity index (χ3v) is 5.02. The van der Waals surface area contributed by atoms with Crippen LogP contribution in [0.1, 0.15) is 74.1 Å². The summed E-state index contributed by atoms with van der Waals surface area (Å²) >= 11 is 0. The number of nitrogens with zero attached hydrogens (tertiary/aromatic N) is 1. The molecular weight excluding hydrogens is 260 g/mol. The first-order chi connectivity index (χ1) is 9.51. The Bertz CT molecular complexity index is 384. The average molecular weight is 294 g/mol. The molecule has 2 unspecified atom stereocenters. The van der Waals surface area contributed by atoms with Crippen molar-refractivity contribution < 1.29 is 4.79 Å². The Morgan fingerprint density at radius 1 is 1.19 bits per heavy atom. The highest BCUT2D eigenvalue weighted by atomic mass is 16.2. The molecule has 0 aromatic heterocycles. The Hall–Kier alpha value is -0.570. The molecule has 1 aliphatic carbocycles. The van der Waals surface area contributed by atoms with Crippen molar-refractivity contribution >= 4 is 5.91 Å². The van der Waals surface area contributed by atoms with Crippen LogP contribution in [0.4, 0.5) is 0 Å². The van der Waals surface area contributed by atoms with Gasteiger partial charge >= 0.3 is 0 Å². The molecule has 21 heavy (non-hydrogen) atoms. The highest BCUT2D eigenvalue weighted by Crippen LogP contribution is 2.48. The van der Waals surface area contributed by atoms with E-state index in [1.807, 2.05) is 6.92 Å². The number of hydrogen-bond acceptors (Lipinski definition) is 2. The molecule has 0 aromatic rings. The molecule has 0 radical (unpaired) electrons. The molecule has 1 amide bonds. The molecule has 0 aromatic carbocycles. The molecular formula is C18H34N2O. The number of carbonyl (C=O) groups excluding carboxylic acids is 1. The predicted octanol–water partition coefficient (Wildman–Crippen LogP) is 3.78. The number of rotatable bonds is 3. The van der Waals surface area contributed by atoms with Gasteiger partial charge in [0.25, 0.3) is 0 Å². The first kappa shape index (κ1) is 16.8. The fraction of sp³-hybridized carbons (Fsp3) is 0.944. The molecule has 2 atom stereocenters. The molecule has 1 saturated carbocycles. The van der Waals surface area contributed by atoms with Gasteiger partial charge in [0.05, 0.1) is 12.2 Å². The number of carbonyl (C=O) groups is 1. The fourth-order valence-corrected chi connectivity index (χ4v) is 4.86. The standard InChI is InChI=1S/C18H34N2O/c1-12(2)8-15-19-13(3)16(21)20(15)14-9-17(4,5)11-18(6,7)10-14/h12-15,19H,8-11H2,1-7H3. The smallest absolute Gasteiger partial charge is 0.240 e. The molecule has 3 nitrogen and oxygen atoms in total. The first-order valence-electron chi connectivity index (χ1n) is 8.59. The number of nitrogens with one attached hydrogen (secondary N) is 1. The summed E-state index contributed by atoms with van der Waals surface area (Å²) in [5.41, 5.74) is 0.641. The van der Waals surface area contributed by atoms with Crippen molar-refractivity contribution in [3.8, 4) is 0 Å². The maximum absolute atomic E-state index is 12.7. The van der Waals surface area contributed by atoms with Crippen LogP contribution < -0.4 is 5.32 Å². The molecule has 0 bridgehead atoms. The molecule has 1 aliphatic heterocycles. The first-order valence-corrected chi connectivity index (χ1v) is 8.59. The second-order valence-electron chi connectivity index (χ2n) is 9.35. The zero-order valence-corrected chi connectivity index (χ0v) is 15.0. The Kier molecular flexibility index (Phi) is 4.45. The van der Waals surface area contributed by atoms with E-state index in [1.54, 1.807) is 0 Å². The van der Waals surface area contributed by atoms with E-state index < -0.39 is 0 Å². The number of hydrogen-bond donors (Lipinski definition) is 1. The van der Waals surface area contributed by atoms with Crippen LogP contribution in [0, 0.1) is 16.7 Å². The summed E-state index contributed by atoms with van der Waals surface area (Å²) in [6.45, 7) is 15.9. The van der Waals surface area contributed by atoms with Crippen LogP contribution in [-0.4, -0.2) is 29.1 Å². The Morgan fingerprint density at radius 2 is 1.71 bits per heavy atom. The van der Waals surface area contributed by atoms with Crippen molar-refractivity contribution in [1.82, 2.24) is 10.2 Å². The van der Waals surface area contributed by atoms with Gasteiger partial charge in [0.2, 0.25) is 5.91 Å². The molecule has 2 aliphatic rings. The topological polar surface area (TPSA) is 32.3 Å². The van der Waals surface area contributed by atoms with Crippen molar-refractivity contribution in [2.75, 3.05) is 0 Å². The van der Waals surface area contributed by atoms with Crippen LogP contribution in [0.2, 0.25) is 0 Å². The van der Waals surface area contributed by atoms with Gasteiger partial charge in [-0.15, -0.1) is 0 Å². The highest BCUT2D eigenvalue weighted by molar-refractivity contribution is 5.84. The van der Waals surface area contributed by atoms with Crippen LogP contribution in [0.5, 0.6) is 0 Å². The lowest BCUT2D eigenvalue weighted by Crippen LogP contribution is -2.51. The van der Waals surface area contributed by atoms with Crippen molar-refractivity contribution in [2.24, 2.45) is 16.7 Å². The van der Waals surface area contributed by atoms with Crippen molar-refractivity contribution in [1.29, 1.82) is 0 Å². The molecule has 2 rings (SSSR count). The van der Waals surface area contributed by atoms with Gasteiger partial charge in [0.15, 0.2) is 0 Å². The van der Waals surface area contributed by atoms with Crippen LogP contribution in [0.15, 0.2) is 0 Å². The highest BCUT2D eigenvalue weighted by Gasteiger charge is 2.47. The van der Waals surface area contributed by atoms with E-state index in [-0.39, 0.29) is 12.2 Å². The summed E-state index contributed by atoms with van der Waals surface area (Å²) in [4.78, 5) is 14.9. The minimum absolute atomic E-state index is 0.0260. The lowest BCUT2D eigenvalue weighted by molar-refractivity contribution is -0.135. The summed E-state index contributed by atoms with van der Waals surface area (Å²) in [7, 11) is 0. The predicted molar refractivity (Wildman–Crippen MR) is 87.9 cm³/mol. The van der Waals surface area contributed by atoms with Gasteiger partial charge in [-0.05, 0) is 49.4 Å². The fourth-order valence-electron chi connectivity index (χ4n) is 4.86. The molecule has 1 heterocycles. The molecule has 1 saturated heterocycles. The van der Waals surface area contributed by atoms with Crippen LogP contribution in [0.3, 0.4) is 0 Å². The minimum atomic E-state index is -0.0260. The molecule has 0 spiro atoms. The van der Waals surface area contributed by atoms with Gasteiger partial charge in [0.1, 0.15) is 0 Å². The third-order valence-electron chi connectivity index (χ3n) is 5.02. The second kappa shape index (κ2) is 5.57. The Morgan fingerprint density at radius 3 is 2.19 bits per heavy atom. The van der Waals surface area contributed by atoms with Crippen molar-refractivity contribution in [3.63, 3.8) is 0 Å². The second-order valence-corrected chi connectivity index (χ2v) is 9.35. The van der Waals surface area contributed by atoms with Gasteiger partial charge in [0, 0.05) is 6.04 Å². The summed E-state index contributed by atoms with van der Waals surface area (Å²) in [5.74, 6) is 0.909. The minimum Gasteiger partial charge on any atom is -0.323 e. The van der Waals surface area contributed by atoms with Crippen LogP contribution >= 0.6 is 0 Å². The van der Waals surface area contributed by atoms with E-state index >= 15 is 0 Å². The maximum atomic E-state index is 12.7. The van der Waals surface area contributed by atoms with E-state index in [0.717, 1.165) is 19.3 Å². The quantitative estimate of drug-likeness (QED) is 0.859. The lowest BCUT2D eigenvalue weighted by atomic mass is 9.63. The summed E-state index contributed by atoms with van der Waals surface area (Å²) in [6, 6.07) is 0.361. The lowest BCUT2D eigenvalue weighted by Gasteiger charge is -2.49. The van der Waals surface area contributed by atoms with E-state index in [1.165, 1.54) is 6.42 Å². The largest absolute Gasteiger partial charge is 0.323 e. The van der Waals surface area contributed by atoms with Gasteiger partial charge < -0.3 is 4.90 Å². The summed E-state index contributed by atoms with van der Waals surface area (Å²) in [6.07, 6.45) is 4.78. The van der Waals surface area contributed by atoms with E-state index in [0.29, 0.717) is 28.7 Å². The Labute approximate surface area is 130 Å². The van der Waals surface area contributed by atoms with Gasteiger partial charge in [-0.2, -0.15) is 0 Å². The van der Waals surface area contributed by atoms with Crippen molar-refractivity contribution in [2.45, 2.75) is 92.4 Å². The van der Waals surface area contributed by atoms with Gasteiger partial charge in [-0.25, -0.2) is 0 Å². The average Bonchev–Trinajstić information content (AvgIpc) is 2.48. The van der Waals surface area contributed by atoms with Gasteiger partial charge in [-0.3, -0.25) is 10.1 Å². The van der Waals surface area contributed by atoms with Crippen LogP contribution in [0.25, 0.3) is 0 Å². The van der Waals surface area contributed by atoms with E-state index in [9.17, 15) is 4.79 Å². The molecule has 3 heteroatoms. The van der Waals surface area contributed by atoms with Crippen molar-refractivity contribution in [3.05, 3.63) is 0 Å². The van der Waals surface area contributed by atoms with Gasteiger partial charge in [-0.1, -0.05) is 41.5 Å². The third kappa shape index (κ3) is 3.80. The zero-order chi connectivity index (χ0) is 16.0. The zero-order valence-electron chi connectivity index (χ0n) is 15.0. The molecule has 122 valence electrons. The molecule has 2 fully saturated rings. The van der Waals surface area contributed by atoms with Crippen LogP contribution in [-0.2, 0) is 4.79 Å². The van der Waals surface area contributed by atoms with E-state index in [2.05, 4.69) is 51.8 Å². The maximum Gasteiger partial charge on any atom is 0.240 e. The molecule has 1 N–H and O–H groups in total. The SMILES string of the molecule is CC(C)CC1NC(C)C(=O)N1C1CC(C)(C)CC(C)(C)C1. The Balaban J connectivity index is 2.22. The summed E-state index contributed by atoms with van der Waals surface area (Å²) in [5, 5.41) is 3.51. The van der Waals surface area contributed by atoms with E-state index in [4.69, 9.17) is 0 Å². The normalized spacial score (nSPS) is 33.0. The monoisotopic (exact) mass is 294 g/mol. The number of amides is 1. The summed E-state index contributed by atoms with van der Waals surface area (Å²) < 4.78 is 0.